The number of nitrogens with zero attached hydrogens (tertiary/aromatic N) is 1. The molecule has 0 aliphatic heterocycles. The zero-order valence-corrected chi connectivity index (χ0v) is 13.9. The molecule has 0 atom stereocenters. The summed E-state index contributed by atoms with van der Waals surface area (Å²) in [7, 11) is 1.80. The molecule has 0 aliphatic carbocycles. The van der Waals surface area contributed by atoms with Crippen molar-refractivity contribution in [2.24, 2.45) is 0 Å². The third kappa shape index (κ3) is 5.29. The van der Waals surface area contributed by atoms with Crippen LogP contribution in [0.5, 0.6) is 5.75 Å². The zero-order valence-electron chi connectivity index (χ0n) is 13.9. The third-order valence-electron chi connectivity index (χ3n) is 3.67. The van der Waals surface area contributed by atoms with Crippen LogP contribution in [0.1, 0.15) is 25.0 Å². The smallest absolute Gasteiger partial charge is 0.246 e. The van der Waals surface area contributed by atoms with Gasteiger partial charge in [0, 0.05) is 19.2 Å². The van der Waals surface area contributed by atoms with E-state index in [9.17, 15) is 4.79 Å². The highest BCUT2D eigenvalue weighted by Crippen LogP contribution is 2.15. The van der Waals surface area contributed by atoms with E-state index in [4.69, 9.17) is 4.74 Å². The van der Waals surface area contributed by atoms with E-state index in [1.807, 2.05) is 74.5 Å². The first-order valence-electron chi connectivity index (χ1n) is 7.78. The Morgan fingerprint density at radius 2 is 1.74 bits per heavy atom. The van der Waals surface area contributed by atoms with Crippen LogP contribution in [-0.2, 0) is 11.4 Å². The van der Waals surface area contributed by atoms with Crippen molar-refractivity contribution in [3.8, 4) is 5.75 Å². The van der Waals surface area contributed by atoms with Crippen molar-refractivity contribution in [3.63, 3.8) is 0 Å². The topological polar surface area (TPSA) is 29.5 Å². The van der Waals surface area contributed by atoms with Crippen molar-refractivity contribution in [3.05, 3.63) is 71.8 Å². The van der Waals surface area contributed by atoms with Crippen molar-refractivity contribution < 1.29 is 9.53 Å². The maximum Gasteiger partial charge on any atom is 0.246 e. The highest BCUT2D eigenvalue weighted by atomic mass is 16.5. The lowest BCUT2D eigenvalue weighted by molar-refractivity contribution is -0.126. The molecule has 0 spiro atoms. The van der Waals surface area contributed by atoms with Crippen molar-refractivity contribution in [1.82, 2.24) is 4.90 Å². The fourth-order valence-electron chi connectivity index (χ4n) is 1.96. The fraction of sp³-hybridized carbons (Fsp3) is 0.250. The summed E-state index contributed by atoms with van der Waals surface area (Å²) >= 11 is 0. The lowest BCUT2D eigenvalue weighted by atomic mass is 10.2. The molecule has 0 heterocycles. The molecular formula is C20H23NO2. The quantitative estimate of drug-likeness (QED) is 0.750. The Morgan fingerprint density at radius 1 is 1.09 bits per heavy atom. The summed E-state index contributed by atoms with van der Waals surface area (Å²) in [4.78, 5) is 13.6. The maximum absolute atomic E-state index is 11.9. The SMILES string of the molecule is CC(C)N(C)C(=O)/C=C/c1ccc(OCc2ccccc2)cc1. The Kier molecular flexibility index (Phi) is 5.98. The molecule has 0 N–H and O–H groups in total. The Bertz CT molecular complexity index is 645. The normalized spacial score (nSPS) is 11.0. The van der Waals surface area contributed by atoms with Gasteiger partial charge in [0.25, 0.3) is 0 Å². The van der Waals surface area contributed by atoms with Gasteiger partial charge in [0.05, 0.1) is 0 Å². The van der Waals surface area contributed by atoms with Crippen molar-refractivity contribution in [1.29, 1.82) is 0 Å². The van der Waals surface area contributed by atoms with Crippen LogP contribution in [0, 0.1) is 0 Å². The van der Waals surface area contributed by atoms with E-state index in [0.29, 0.717) is 6.61 Å². The molecule has 2 aromatic rings. The van der Waals surface area contributed by atoms with Crippen molar-refractivity contribution in [2.75, 3.05) is 7.05 Å². The average molecular weight is 309 g/mol. The molecular weight excluding hydrogens is 286 g/mol. The maximum atomic E-state index is 11.9. The number of carbonyl (C=O) groups excluding carboxylic acids is 1. The van der Waals surface area contributed by atoms with Crippen LogP contribution in [0.25, 0.3) is 6.08 Å². The molecule has 0 unspecified atom stereocenters. The molecule has 0 fully saturated rings. The summed E-state index contributed by atoms with van der Waals surface area (Å²) in [6.45, 7) is 4.53. The van der Waals surface area contributed by atoms with Gasteiger partial charge in [-0.2, -0.15) is 0 Å². The molecule has 1 amide bonds. The molecule has 0 saturated carbocycles. The van der Waals surface area contributed by atoms with Gasteiger partial charge in [-0.3, -0.25) is 4.79 Å². The van der Waals surface area contributed by atoms with Gasteiger partial charge in [0.15, 0.2) is 0 Å². The van der Waals surface area contributed by atoms with E-state index in [2.05, 4.69) is 0 Å². The molecule has 120 valence electrons. The summed E-state index contributed by atoms with van der Waals surface area (Å²) in [5, 5.41) is 0. The van der Waals surface area contributed by atoms with E-state index < -0.39 is 0 Å². The van der Waals surface area contributed by atoms with Crippen molar-refractivity contribution >= 4 is 12.0 Å². The van der Waals surface area contributed by atoms with Gasteiger partial charge in [-0.25, -0.2) is 0 Å². The van der Waals surface area contributed by atoms with Gasteiger partial charge in [-0.05, 0) is 43.2 Å². The molecule has 3 nitrogen and oxygen atoms in total. The first-order chi connectivity index (χ1) is 11.1. The molecule has 2 rings (SSSR count). The summed E-state index contributed by atoms with van der Waals surface area (Å²) in [5.41, 5.74) is 2.11. The number of amides is 1. The Balaban J connectivity index is 1.90. The second-order valence-corrected chi connectivity index (χ2v) is 5.72. The van der Waals surface area contributed by atoms with Gasteiger partial charge in [0.1, 0.15) is 12.4 Å². The lowest BCUT2D eigenvalue weighted by Gasteiger charge is -2.19. The summed E-state index contributed by atoms with van der Waals surface area (Å²) in [5.74, 6) is 0.820. The minimum Gasteiger partial charge on any atom is -0.489 e. The second kappa shape index (κ2) is 8.18. The number of benzene rings is 2. The molecule has 0 saturated heterocycles. The van der Waals surface area contributed by atoms with Gasteiger partial charge in [-0.15, -0.1) is 0 Å². The molecule has 3 heteroatoms. The minimum absolute atomic E-state index is 0.00408. The number of ether oxygens (including phenoxy) is 1. The van der Waals surface area contributed by atoms with E-state index in [-0.39, 0.29) is 11.9 Å². The third-order valence-corrected chi connectivity index (χ3v) is 3.67. The van der Waals surface area contributed by atoms with Crippen LogP contribution in [-0.4, -0.2) is 23.9 Å². The highest BCUT2D eigenvalue weighted by Gasteiger charge is 2.07. The predicted molar refractivity (Wildman–Crippen MR) is 94.2 cm³/mol. The number of hydrogen-bond donors (Lipinski definition) is 0. The molecule has 0 aromatic heterocycles. The Labute approximate surface area is 138 Å². The van der Waals surface area contributed by atoms with E-state index >= 15 is 0 Å². The van der Waals surface area contributed by atoms with Gasteiger partial charge >= 0.3 is 0 Å². The second-order valence-electron chi connectivity index (χ2n) is 5.72. The summed E-state index contributed by atoms with van der Waals surface area (Å²) in [6, 6.07) is 18.0. The predicted octanol–water partition coefficient (Wildman–Crippen LogP) is 4.15. The number of carbonyl (C=O) groups is 1. The number of hydrogen-bond acceptors (Lipinski definition) is 2. The van der Waals surface area contributed by atoms with Crippen LogP contribution < -0.4 is 4.74 Å². The van der Waals surface area contributed by atoms with Gasteiger partial charge in [-0.1, -0.05) is 42.5 Å². The first-order valence-corrected chi connectivity index (χ1v) is 7.78. The summed E-state index contributed by atoms with van der Waals surface area (Å²) in [6.07, 6.45) is 3.42. The molecule has 0 bridgehead atoms. The number of likely N-dealkylation sites (N-methyl/N-ethyl adjacent to an activating group) is 1. The highest BCUT2D eigenvalue weighted by molar-refractivity contribution is 5.91. The van der Waals surface area contributed by atoms with Gasteiger partial charge in [0.2, 0.25) is 5.91 Å². The largest absolute Gasteiger partial charge is 0.489 e. The molecule has 0 aliphatic rings. The zero-order chi connectivity index (χ0) is 16.7. The van der Waals surface area contributed by atoms with Crippen LogP contribution >= 0.6 is 0 Å². The first kappa shape index (κ1) is 16.8. The lowest BCUT2D eigenvalue weighted by Crippen LogP contribution is -2.31. The van der Waals surface area contributed by atoms with Crippen LogP contribution in [0.3, 0.4) is 0 Å². The van der Waals surface area contributed by atoms with Crippen LogP contribution in [0.4, 0.5) is 0 Å². The Hall–Kier alpha value is -2.55. The molecule has 2 aromatic carbocycles. The van der Waals surface area contributed by atoms with Crippen LogP contribution in [0.15, 0.2) is 60.7 Å². The summed E-state index contributed by atoms with van der Waals surface area (Å²) < 4.78 is 5.74. The van der Waals surface area contributed by atoms with E-state index in [1.54, 1.807) is 18.0 Å². The van der Waals surface area contributed by atoms with E-state index in [0.717, 1.165) is 16.9 Å². The Morgan fingerprint density at radius 3 is 2.35 bits per heavy atom. The monoisotopic (exact) mass is 309 g/mol. The molecule has 0 radical (unpaired) electrons. The van der Waals surface area contributed by atoms with Crippen LogP contribution in [0.2, 0.25) is 0 Å². The fourth-order valence-corrected chi connectivity index (χ4v) is 1.96. The van der Waals surface area contributed by atoms with Crippen molar-refractivity contribution in [2.45, 2.75) is 26.5 Å². The van der Waals surface area contributed by atoms with E-state index in [1.165, 1.54) is 0 Å². The number of rotatable bonds is 6. The standard InChI is InChI=1S/C20H23NO2/c1-16(2)21(3)20(22)14-11-17-9-12-19(13-10-17)23-15-18-7-5-4-6-8-18/h4-14,16H,15H2,1-3H3/b14-11+. The minimum atomic E-state index is 0.00408. The average Bonchev–Trinajstić information content (AvgIpc) is 2.59. The molecule has 23 heavy (non-hydrogen) atoms. The van der Waals surface area contributed by atoms with Gasteiger partial charge < -0.3 is 9.64 Å².